The van der Waals surface area contributed by atoms with Crippen LogP contribution in [0, 0.1) is 0 Å². The van der Waals surface area contributed by atoms with Crippen LogP contribution in [-0.4, -0.2) is 0 Å². The van der Waals surface area contributed by atoms with Crippen molar-refractivity contribution >= 4 is 15.9 Å². The first kappa shape index (κ1) is 14.5. The number of rotatable bonds is 2. The van der Waals surface area contributed by atoms with Gasteiger partial charge in [0.15, 0.2) is 0 Å². The minimum atomic E-state index is -2.48. The Bertz CT molecular complexity index is 662. The van der Waals surface area contributed by atoms with Gasteiger partial charge >= 0.3 is 0 Å². The molecule has 2 atom stereocenters. The molecule has 0 bridgehead atoms. The monoisotopic (exact) mass is 353 g/mol. The minimum absolute atomic E-state index is 0.00436. The molecule has 0 aliphatic carbocycles. The van der Waals surface area contributed by atoms with Gasteiger partial charge in [-0.05, 0) is 23.8 Å². The molecule has 2 aromatic carbocycles. The molecule has 1 aliphatic heterocycles. The highest BCUT2D eigenvalue weighted by molar-refractivity contribution is 9.10. The Labute approximate surface area is 130 Å². The molecule has 110 valence electrons. The molecule has 1 heterocycles. The summed E-state index contributed by atoms with van der Waals surface area (Å²) >= 11 is 3.40. The van der Waals surface area contributed by atoms with Gasteiger partial charge < -0.3 is 10.5 Å². The molecule has 0 amide bonds. The highest BCUT2D eigenvalue weighted by Gasteiger charge is 2.27. The molecule has 0 radical (unpaired) electrons. The predicted molar refractivity (Wildman–Crippen MR) is 80.5 cm³/mol. The average molecular weight is 354 g/mol. The van der Waals surface area contributed by atoms with Crippen molar-refractivity contribution in [2.24, 2.45) is 5.73 Å². The Morgan fingerprint density at radius 1 is 1.19 bits per heavy atom. The zero-order chi connectivity index (χ0) is 15.0. The number of hydrogen-bond acceptors (Lipinski definition) is 2. The molecule has 0 saturated heterocycles. The summed E-state index contributed by atoms with van der Waals surface area (Å²) in [7, 11) is 0. The Balaban J connectivity index is 1.93. The smallest absolute Gasteiger partial charge is 0.263 e. The van der Waals surface area contributed by atoms with E-state index < -0.39 is 6.43 Å². The van der Waals surface area contributed by atoms with Crippen LogP contribution >= 0.6 is 15.9 Å². The van der Waals surface area contributed by atoms with Crippen LogP contribution in [0.5, 0.6) is 5.75 Å². The van der Waals surface area contributed by atoms with Crippen LogP contribution in [0.1, 0.15) is 41.7 Å². The van der Waals surface area contributed by atoms with Gasteiger partial charge in [-0.15, -0.1) is 0 Å². The van der Waals surface area contributed by atoms with Crippen molar-refractivity contribution in [1.82, 2.24) is 0 Å². The number of benzene rings is 2. The molecule has 0 spiro atoms. The summed E-state index contributed by atoms with van der Waals surface area (Å²) in [5.74, 6) is 0.704. The SMILES string of the molecule is N[C@@H]1CC(c2cccc(C(F)F)c2)Oc2cc(Br)ccc21. The van der Waals surface area contributed by atoms with Crippen LogP contribution in [0.4, 0.5) is 8.78 Å². The first-order valence-corrected chi connectivity index (χ1v) is 7.43. The van der Waals surface area contributed by atoms with Crippen LogP contribution in [0.2, 0.25) is 0 Å². The molecule has 1 unspecified atom stereocenters. The fourth-order valence-electron chi connectivity index (χ4n) is 2.57. The topological polar surface area (TPSA) is 35.2 Å². The van der Waals surface area contributed by atoms with E-state index in [-0.39, 0.29) is 17.7 Å². The van der Waals surface area contributed by atoms with E-state index in [4.69, 9.17) is 10.5 Å². The predicted octanol–water partition coefficient (Wildman–Crippen LogP) is 4.91. The molecule has 2 aromatic rings. The van der Waals surface area contributed by atoms with Gasteiger partial charge in [-0.1, -0.05) is 40.2 Å². The number of halogens is 3. The summed E-state index contributed by atoms with van der Waals surface area (Å²) in [6, 6.07) is 11.9. The lowest BCUT2D eigenvalue weighted by Crippen LogP contribution is -2.24. The first-order valence-electron chi connectivity index (χ1n) is 6.64. The fraction of sp³-hybridized carbons (Fsp3) is 0.250. The third-order valence-corrected chi connectivity index (χ3v) is 4.14. The maximum Gasteiger partial charge on any atom is 0.263 e. The lowest BCUT2D eigenvalue weighted by Gasteiger charge is -2.31. The summed E-state index contributed by atoms with van der Waals surface area (Å²) < 4.78 is 32.5. The second kappa shape index (κ2) is 5.73. The van der Waals surface area contributed by atoms with Crippen molar-refractivity contribution < 1.29 is 13.5 Å². The fourth-order valence-corrected chi connectivity index (χ4v) is 2.91. The molecular weight excluding hydrogens is 340 g/mol. The van der Waals surface area contributed by atoms with E-state index in [1.807, 2.05) is 18.2 Å². The molecule has 0 fully saturated rings. The Morgan fingerprint density at radius 3 is 2.76 bits per heavy atom. The summed E-state index contributed by atoms with van der Waals surface area (Å²) in [4.78, 5) is 0. The molecule has 21 heavy (non-hydrogen) atoms. The quantitative estimate of drug-likeness (QED) is 0.832. The highest BCUT2D eigenvalue weighted by atomic mass is 79.9. The number of fused-ring (bicyclic) bond motifs is 1. The van der Waals surface area contributed by atoms with E-state index in [1.165, 1.54) is 12.1 Å². The summed E-state index contributed by atoms with van der Waals surface area (Å²) in [5.41, 5.74) is 7.86. The van der Waals surface area contributed by atoms with E-state index in [2.05, 4.69) is 15.9 Å². The van der Waals surface area contributed by atoms with Gasteiger partial charge in [0.05, 0.1) is 0 Å². The largest absolute Gasteiger partial charge is 0.485 e. The molecule has 2 N–H and O–H groups in total. The van der Waals surface area contributed by atoms with Gasteiger partial charge in [0.1, 0.15) is 11.9 Å². The van der Waals surface area contributed by atoms with Crippen molar-refractivity contribution in [3.8, 4) is 5.75 Å². The summed E-state index contributed by atoms with van der Waals surface area (Å²) in [5, 5.41) is 0. The minimum Gasteiger partial charge on any atom is -0.485 e. The van der Waals surface area contributed by atoms with Crippen molar-refractivity contribution in [2.45, 2.75) is 25.0 Å². The second-order valence-electron chi connectivity index (χ2n) is 5.10. The van der Waals surface area contributed by atoms with Crippen LogP contribution < -0.4 is 10.5 Å². The van der Waals surface area contributed by atoms with Crippen molar-refractivity contribution in [3.05, 3.63) is 63.6 Å². The van der Waals surface area contributed by atoms with E-state index in [1.54, 1.807) is 12.1 Å². The third kappa shape index (κ3) is 2.94. The Hall–Kier alpha value is -1.46. The van der Waals surface area contributed by atoms with Gasteiger partial charge in [-0.2, -0.15) is 0 Å². The first-order chi connectivity index (χ1) is 10.0. The van der Waals surface area contributed by atoms with E-state index in [0.29, 0.717) is 12.2 Å². The number of nitrogens with two attached hydrogens (primary N) is 1. The van der Waals surface area contributed by atoms with E-state index >= 15 is 0 Å². The lowest BCUT2D eigenvalue weighted by molar-refractivity contribution is 0.148. The van der Waals surface area contributed by atoms with Crippen molar-refractivity contribution in [2.75, 3.05) is 0 Å². The Morgan fingerprint density at radius 2 is 2.00 bits per heavy atom. The summed E-state index contributed by atoms with van der Waals surface area (Å²) in [6.07, 6.45) is -2.22. The molecule has 0 aromatic heterocycles. The standard InChI is InChI=1S/C16H14BrF2NO/c17-11-4-5-12-13(20)8-14(21-15(12)7-11)9-2-1-3-10(6-9)16(18)19/h1-7,13-14,16H,8,20H2/t13-,14?/m1/s1. The van der Waals surface area contributed by atoms with Crippen LogP contribution in [0.3, 0.4) is 0 Å². The summed E-state index contributed by atoms with van der Waals surface area (Å²) in [6.45, 7) is 0. The zero-order valence-electron chi connectivity index (χ0n) is 11.1. The van der Waals surface area contributed by atoms with Gasteiger partial charge in [-0.3, -0.25) is 0 Å². The lowest BCUT2D eigenvalue weighted by atomic mass is 9.93. The van der Waals surface area contributed by atoms with Crippen LogP contribution in [0.25, 0.3) is 0 Å². The van der Waals surface area contributed by atoms with Gasteiger partial charge in [0.2, 0.25) is 0 Å². The zero-order valence-corrected chi connectivity index (χ0v) is 12.7. The molecule has 3 rings (SSSR count). The van der Waals surface area contributed by atoms with Gasteiger partial charge in [-0.25, -0.2) is 8.78 Å². The highest BCUT2D eigenvalue weighted by Crippen LogP contribution is 2.41. The third-order valence-electron chi connectivity index (χ3n) is 3.65. The number of ether oxygens (including phenoxy) is 1. The molecule has 5 heteroatoms. The normalized spacial score (nSPS) is 21.0. The van der Waals surface area contributed by atoms with Crippen LogP contribution in [0.15, 0.2) is 46.9 Å². The van der Waals surface area contributed by atoms with Gasteiger partial charge in [0.25, 0.3) is 6.43 Å². The Kier molecular flexibility index (Phi) is 3.95. The second-order valence-corrected chi connectivity index (χ2v) is 6.02. The molecule has 0 saturated carbocycles. The molecule has 2 nitrogen and oxygen atoms in total. The van der Waals surface area contributed by atoms with E-state index in [9.17, 15) is 8.78 Å². The van der Waals surface area contributed by atoms with Crippen molar-refractivity contribution in [3.63, 3.8) is 0 Å². The number of hydrogen-bond donors (Lipinski definition) is 1. The maximum absolute atomic E-state index is 12.8. The molecular formula is C16H14BrF2NO. The molecule has 1 aliphatic rings. The van der Waals surface area contributed by atoms with Crippen LogP contribution in [-0.2, 0) is 0 Å². The maximum atomic E-state index is 12.8. The van der Waals surface area contributed by atoms with Gasteiger partial charge in [0, 0.05) is 28.1 Å². The van der Waals surface area contributed by atoms with Crippen molar-refractivity contribution in [1.29, 1.82) is 0 Å². The number of alkyl halides is 2. The van der Waals surface area contributed by atoms with E-state index in [0.717, 1.165) is 15.6 Å². The average Bonchev–Trinajstić information content (AvgIpc) is 2.46.